The summed E-state index contributed by atoms with van der Waals surface area (Å²) in [6.07, 6.45) is 6.29. The van der Waals surface area contributed by atoms with Gasteiger partial charge in [-0.05, 0) is 13.5 Å². The van der Waals surface area contributed by atoms with E-state index in [1.54, 1.807) is 0 Å². The average molecular weight is 212 g/mol. The van der Waals surface area contributed by atoms with Gasteiger partial charge in [0.2, 0.25) is 5.91 Å². The lowest BCUT2D eigenvalue weighted by molar-refractivity contribution is -0.129. The summed E-state index contributed by atoms with van der Waals surface area (Å²) < 4.78 is 0. The third kappa shape index (κ3) is 4.65. The quantitative estimate of drug-likeness (QED) is 0.651. The number of hydrogen-bond donors (Lipinski definition) is 1. The smallest absolute Gasteiger partial charge is 0.225 e. The number of rotatable bonds is 7. The van der Waals surface area contributed by atoms with Crippen molar-refractivity contribution in [3.05, 3.63) is 0 Å². The predicted molar refractivity (Wildman–Crippen MR) is 62.8 cm³/mol. The van der Waals surface area contributed by atoms with Crippen LogP contribution in [0.25, 0.3) is 0 Å². The zero-order chi connectivity index (χ0) is 11.1. The molecule has 88 valence electrons. The fourth-order valence-electron chi connectivity index (χ4n) is 1.95. The standard InChI is InChI=1S/C12H24N2O/c1-3-4-5-6-7-8-13-12(15)11-9-14(2)10-11/h11H,3-10H2,1-2H3,(H,13,15). The molecule has 0 bridgehead atoms. The van der Waals surface area contributed by atoms with Gasteiger partial charge in [0.25, 0.3) is 0 Å². The monoisotopic (exact) mass is 212 g/mol. The van der Waals surface area contributed by atoms with Crippen LogP contribution in [0.4, 0.5) is 0 Å². The first-order valence-electron chi connectivity index (χ1n) is 6.20. The lowest BCUT2D eigenvalue weighted by Crippen LogP contribution is -2.51. The van der Waals surface area contributed by atoms with Crippen LogP contribution >= 0.6 is 0 Å². The molecule has 1 amide bonds. The molecule has 0 atom stereocenters. The van der Waals surface area contributed by atoms with E-state index in [9.17, 15) is 4.79 Å². The summed E-state index contributed by atoms with van der Waals surface area (Å²) in [6, 6.07) is 0. The molecule has 0 radical (unpaired) electrons. The molecule has 0 aromatic carbocycles. The van der Waals surface area contributed by atoms with E-state index in [1.165, 1.54) is 25.7 Å². The van der Waals surface area contributed by atoms with Gasteiger partial charge in [-0.15, -0.1) is 0 Å². The predicted octanol–water partition coefficient (Wildman–Crippen LogP) is 1.63. The van der Waals surface area contributed by atoms with Crippen LogP contribution in [-0.4, -0.2) is 37.5 Å². The van der Waals surface area contributed by atoms with E-state index in [0.717, 1.165) is 26.1 Å². The van der Waals surface area contributed by atoms with Crippen molar-refractivity contribution in [3.8, 4) is 0 Å². The summed E-state index contributed by atoms with van der Waals surface area (Å²) in [5.74, 6) is 0.509. The fraction of sp³-hybridized carbons (Fsp3) is 0.917. The van der Waals surface area contributed by atoms with Crippen molar-refractivity contribution in [2.45, 2.75) is 39.0 Å². The molecule has 0 saturated carbocycles. The topological polar surface area (TPSA) is 32.3 Å². The Hall–Kier alpha value is -0.570. The molecule has 0 aromatic rings. The van der Waals surface area contributed by atoms with E-state index in [2.05, 4.69) is 24.2 Å². The van der Waals surface area contributed by atoms with Gasteiger partial charge >= 0.3 is 0 Å². The number of nitrogens with zero attached hydrogens (tertiary/aromatic N) is 1. The van der Waals surface area contributed by atoms with Gasteiger partial charge in [0.1, 0.15) is 0 Å². The molecule has 0 spiro atoms. The minimum Gasteiger partial charge on any atom is -0.356 e. The molecule has 1 aliphatic rings. The molecular weight excluding hydrogens is 188 g/mol. The Morgan fingerprint density at radius 1 is 1.27 bits per heavy atom. The van der Waals surface area contributed by atoms with Gasteiger partial charge < -0.3 is 10.2 Å². The highest BCUT2D eigenvalue weighted by Gasteiger charge is 2.29. The lowest BCUT2D eigenvalue weighted by Gasteiger charge is -2.34. The summed E-state index contributed by atoms with van der Waals surface area (Å²) in [6.45, 7) is 4.95. The highest BCUT2D eigenvalue weighted by atomic mass is 16.2. The molecule has 1 aliphatic heterocycles. The third-order valence-electron chi connectivity index (χ3n) is 3.01. The van der Waals surface area contributed by atoms with Crippen LogP contribution < -0.4 is 5.32 Å². The molecule has 0 aromatic heterocycles. The molecule has 3 nitrogen and oxygen atoms in total. The molecular formula is C12H24N2O. The molecule has 0 aliphatic carbocycles. The summed E-state index contributed by atoms with van der Waals surface area (Å²) >= 11 is 0. The number of unbranched alkanes of at least 4 members (excludes halogenated alkanes) is 4. The number of hydrogen-bond acceptors (Lipinski definition) is 2. The van der Waals surface area contributed by atoms with Crippen LogP contribution in [0.3, 0.4) is 0 Å². The number of carbonyl (C=O) groups excluding carboxylic acids is 1. The Labute approximate surface area is 93.2 Å². The van der Waals surface area contributed by atoms with Crippen molar-refractivity contribution in [2.75, 3.05) is 26.7 Å². The Balaban J connectivity index is 1.89. The largest absolute Gasteiger partial charge is 0.356 e. The maximum absolute atomic E-state index is 11.5. The van der Waals surface area contributed by atoms with Crippen LogP contribution in [0.15, 0.2) is 0 Å². The first-order valence-corrected chi connectivity index (χ1v) is 6.20. The molecule has 1 N–H and O–H groups in total. The second-order valence-electron chi connectivity index (χ2n) is 4.62. The maximum Gasteiger partial charge on any atom is 0.225 e. The normalized spacial score (nSPS) is 17.5. The van der Waals surface area contributed by atoms with Gasteiger partial charge in [-0.2, -0.15) is 0 Å². The van der Waals surface area contributed by atoms with E-state index in [1.807, 2.05) is 0 Å². The number of amides is 1. The number of carbonyl (C=O) groups is 1. The van der Waals surface area contributed by atoms with Crippen LogP contribution in [0, 0.1) is 5.92 Å². The Morgan fingerprint density at radius 2 is 1.93 bits per heavy atom. The zero-order valence-corrected chi connectivity index (χ0v) is 10.1. The highest BCUT2D eigenvalue weighted by molar-refractivity contribution is 5.79. The molecule has 1 saturated heterocycles. The van der Waals surface area contributed by atoms with Crippen LogP contribution in [-0.2, 0) is 4.79 Å². The van der Waals surface area contributed by atoms with Gasteiger partial charge in [0.15, 0.2) is 0 Å². The second-order valence-corrected chi connectivity index (χ2v) is 4.62. The van der Waals surface area contributed by atoms with Crippen LogP contribution in [0.1, 0.15) is 39.0 Å². The minimum atomic E-state index is 0.253. The van der Waals surface area contributed by atoms with Crippen LogP contribution in [0.2, 0.25) is 0 Å². The molecule has 1 heterocycles. The van der Waals surface area contributed by atoms with E-state index in [-0.39, 0.29) is 11.8 Å². The molecule has 1 fully saturated rings. The van der Waals surface area contributed by atoms with Gasteiger partial charge in [-0.1, -0.05) is 32.6 Å². The van der Waals surface area contributed by atoms with Crippen molar-refractivity contribution in [1.29, 1.82) is 0 Å². The Bertz CT molecular complexity index is 188. The first kappa shape index (κ1) is 12.5. The van der Waals surface area contributed by atoms with E-state index < -0.39 is 0 Å². The maximum atomic E-state index is 11.5. The fourth-order valence-corrected chi connectivity index (χ4v) is 1.95. The van der Waals surface area contributed by atoms with Crippen LogP contribution in [0.5, 0.6) is 0 Å². The number of likely N-dealkylation sites (tertiary alicyclic amines) is 1. The van der Waals surface area contributed by atoms with Crippen molar-refractivity contribution in [1.82, 2.24) is 10.2 Å². The van der Waals surface area contributed by atoms with Crippen molar-refractivity contribution < 1.29 is 4.79 Å². The molecule has 3 heteroatoms. The molecule has 0 unspecified atom stereocenters. The van der Waals surface area contributed by atoms with Gasteiger partial charge in [-0.3, -0.25) is 4.79 Å². The lowest BCUT2D eigenvalue weighted by atomic mass is 10.0. The van der Waals surface area contributed by atoms with Gasteiger partial charge in [0.05, 0.1) is 5.92 Å². The Morgan fingerprint density at radius 3 is 2.53 bits per heavy atom. The van der Waals surface area contributed by atoms with E-state index in [0.29, 0.717) is 0 Å². The Kier molecular flexibility index (Phi) is 5.69. The SMILES string of the molecule is CCCCCCCNC(=O)C1CN(C)C1. The van der Waals surface area contributed by atoms with E-state index in [4.69, 9.17) is 0 Å². The van der Waals surface area contributed by atoms with E-state index >= 15 is 0 Å². The number of nitrogens with one attached hydrogen (secondary N) is 1. The zero-order valence-electron chi connectivity index (χ0n) is 10.1. The molecule has 15 heavy (non-hydrogen) atoms. The summed E-state index contributed by atoms with van der Waals surface area (Å²) in [5.41, 5.74) is 0. The van der Waals surface area contributed by atoms with Gasteiger partial charge in [-0.25, -0.2) is 0 Å². The molecule has 1 rings (SSSR count). The second kappa shape index (κ2) is 6.83. The van der Waals surface area contributed by atoms with Crippen molar-refractivity contribution >= 4 is 5.91 Å². The third-order valence-corrected chi connectivity index (χ3v) is 3.01. The van der Waals surface area contributed by atoms with Crippen molar-refractivity contribution in [2.24, 2.45) is 5.92 Å². The first-order chi connectivity index (χ1) is 7.24. The summed E-state index contributed by atoms with van der Waals surface area (Å²) in [5, 5.41) is 3.02. The van der Waals surface area contributed by atoms with Crippen molar-refractivity contribution in [3.63, 3.8) is 0 Å². The average Bonchev–Trinajstić information content (AvgIpc) is 2.18. The highest BCUT2D eigenvalue weighted by Crippen LogP contribution is 2.12. The summed E-state index contributed by atoms with van der Waals surface area (Å²) in [7, 11) is 2.05. The van der Waals surface area contributed by atoms with Gasteiger partial charge in [0, 0.05) is 19.6 Å². The minimum absolute atomic E-state index is 0.253. The summed E-state index contributed by atoms with van der Waals surface area (Å²) in [4.78, 5) is 13.7.